The van der Waals surface area contributed by atoms with Crippen LogP contribution in [0.25, 0.3) is 0 Å². The Morgan fingerprint density at radius 2 is 1.36 bits per heavy atom. The Bertz CT molecular complexity index is 569. The van der Waals surface area contributed by atoms with Crippen LogP contribution in [0.4, 0.5) is 0 Å². The third kappa shape index (κ3) is 4.81. The lowest BCUT2D eigenvalue weighted by Gasteiger charge is -2.35. The smallest absolute Gasteiger partial charge is 0.254 e. The molecule has 2 fully saturated rings. The highest BCUT2D eigenvalue weighted by Gasteiger charge is 2.27. The topological polar surface area (TPSA) is 42.0 Å². The molecule has 2 aliphatic rings. The third-order valence-electron chi connectivity index (χ3n) is 4.81. The van der Waals surface area contributed by atoms with Crippen molar-refractivity contribution < 1.29 is 14.3 Å². The van der Waals surface area contributed by atoms with E-state index in [4.69, 9.17) is 9.47 Å². The lowest BCUT2D eigenvalue weighted by atomic mass is 10.1. The molecule has 0 N–H and O–H groups in total. The van der Waals surface area contributed by atoms with Gasteiger partial charge in [0, 0.05) is 38.3 Å². The van der Waals surface area contributed by atoms with Gasteiger partial charge < -0.3 is 14.4 Å². The Morgan fingerprint density at radius 1 is 0.880 bits per heavy atom. The Labute approximate surface area is 150 Å². The molecule has 4 atom stereocenters. The Balaban J connectivity index is 1.61. The van der Waals surface area contributed by atoms with E-state index in [0.717, 1.165) is 25.2 Å². The summed E-state index contributed by atoms with van der Waals surface area (Å²) in [4.78, 5) is 17.0. The fourth-order valence-corrected chi connectivity index (χ4v) is 3.95. The summed E-state index contributed by atoms with van der Waals surface area (Å²) in [6, 6.07) is 8.06. The molecule has 1 amide bonds. The lowest BCUT2D eigenvalue weighted by molar-refractivity contribution is -0.0704. The van der Waals surface area contributed by atoms with E-state index < -0.39 is 0 Å². The van der Waals surface area contributed by atoms with Crippen LogP contribution in [-0.4, -0.2) is 66.3 Å². The average Bonchev–Trinajstić information content (AvgIpc) is 2.53. The van der Waals surface area contributed by atoms with Crippen LogP contribution in [0, 0.1) is 0 Å². The molecule has 2 saturated heterocycles. The van der Waals surface area contributed by atoms with Crippen LogP contribution >= 0.6 is 0 Å². The standard InChI is InChI=1S/C20H30N2O3/c1-14-9-21(10-15(2)24-14)13-18-5-7-19(8-6-18)20(23)22-11-16(3)25-17(4)12-22/h5-8,14-17H,9-13H2,1-4H3/t14-,15-,16+,17+/m1/s1. The Kier molecular flexibility index (Phi) is 5.77. The molecule has 0 aromatic heterocycles. The number of ether oxygens (including phenoxy) is 2. The van der Waals surface area contributed by atoms with Gasteiger partial charge in [-0.2, -0.15) is 0 Å². The van der Waals surface area contributed by atoms with E-state index in [0.29, 0.717) is 13.1 Å². The van der Waals surface area contributed by atoms with Crippen LogP contribution in [0.2, 0.25) is 0 Å². The van der Waals surface area contributed by atoms with Crippen molar-refractivity contribution in [2.45, 2.75) is 58.7 Å². The molecule has 3 rings (SSSR count). The van der Waals surface area contributed by atoms with Gasteiger partial charge in [0.05, 0.1) is 24.4 Å². The first-order valence-electron chi connectivity index (χ1n) is 9.32. The number of nitrogens with zero attached hydrogens (tertiary/aromatic N) is 2. The van der Waals surface area contributed by atoms with Crippen LogP contribution in [-0.2, 0) is 16.0 Å². The Hall–Kier alpha value is -1.43. The second-order valence-electron chi connectivity index (χ2n) is 7.62. The van der Waals surface area contributed by atoms with E-state index in [1.54, 1.807) is 0 Å². The lowest BCUT2D eigenvalue weighted by Crippen LogP contribution is -2.48. The molecule has 5 heteroatoms. The van der Waals surface area contributed by atoms with Crippen LogP contribution in [0.3, 0.4) is 0 Å². The van der Waals surface area contributed by atoms with Crippen molar-refractivity contribution in [3.63, 3.8) is 0 Å². The zero-order valence-corrected chi connectivity index (χ0v) is 15.8. The van der Waals surface area contributed by atoms with E-state index in [-0.39, 0.29) is 30.3 Å². The predicted octanol–water partition coefficient (Wildman–Crippen LogP) is 2.55. The molecular formula is C20H30N2O3. The molecule has 1 aromatic carbocycles. The molecule has 5 nitrogen and oxygen atoms in total. The minimum atomic E-state index is 0.0947. The monoisotopic (exact) mass is 346 g/mol. The number of carbonyl (C=O) groups is 1. The summed E-state index contributed by atoms with van der Waals surface area (Å²) < 4.78 is 11.5. The van der Waals surface area contributed by atoms with Gasteiger partial charge in [-0.05, 0) is 45.4 Å². The molecule has 0 bridgehead atoms. The van der Waals surface area contributed by atoms with Crippen molar-refractivity contribution in [3.8, 4) is 0 Å². The molecule has 138 valence electrons. The first-order valence-corrected chi connectivity index (χ1v) is 9.32. The number of hydrogen-bond donors (Lipinski definition) is 0. The third-order valence-corrected chi connectivity index (χ3v) is 4.81. The first-order chi connectivity index (χ1) is 11.9. The van der Waals surface area contributed by atoms with Crippen molar-refractivity contribution in [3.05, 3.63) is 35.4 Å². The molecule has 25 heavy (non-hydrogen) atoms. The van der Waals surface area contributed by atoms with Crippen LogP contribution in [0.5, 0.6) is 0 Å². The van der Waals surface area contributed by atoms with Crippen molar-refractivity contribution >= 4 is 5.91 Å². The fourth-order valence-electron chi connectivity index (χ4n) is 3.95. The van der Waals surface area contributed by atoms with Crippen molar-refractivity contribution in [1.29, 1.82) is 0 Å². The normalized spacial score (nSPS) is 31.1. The second-order valence-corrected chi connectivity index (χ2v) is 7.62. The van der Waals surface area contributed by atoms with Gasteiger partial charge in [0.25, 0.3) is 5.91 Å². The minimum Gasteiger partial charge on any atom is -0.373 e. The fraction of sp³-hybridized carbons (Fsp3) is 0.650. The highest BCUT2D eigenvalue weighted by molar-refractivity contribution is 5.94. The Morgan fingerprint density at radius 3 is 1.88 bits per heavy atom. The maximum Gasteiger partial charge on any atom is 0.254 e. The van der Waals surface area contributed by atoms with E-state index >= 15 is 0 Å². The second kappa shape index (κ2) is 7.85. The van der Waals surface area contributed by atoms with E-state index in [9.17, 15) is 4.79 Å². The zero-order valence-electron chi connectivity index (χ0n) is 15.8. The first kappa shape index (κ1) is 18.4. The molecule has 1 aromatic rings. The van der Waals surface area contributed by atoms with Crippen LogP contribution < -0.4 is 0 Å². The summed E-state index contributed by atoms with van der Waals surface area (Å²) in [7, 11) is 0. The number of morpholine rings is 2. The van der Waals surface area contributed by atoms with Crippen LogP contribution in [0.15, 0.2) is 24.3 Å². The van der Waals surface area contributed by atoms with Gasteiger partial charge >= 0.3 is 0 Å². The van der Waals surface area contributed by atoms with Gasteiger partial charge in [-0.25, -0.2) is 0 Å². The minimum absolute atomic E-state index is 0.0947. The van der Waals surface area contributed by atoms with Gasteiger partial charge in [0.15, 0.2) is 0 Å². The van der Waals surface area contributed by atoms with Crippen molar-refractivity contribution in [2.24, 2.45) is 0 Å². The quantitative estimate of drug-likeness (QED) is 0.843. The number of carbonyl (C=O) groups excluding carboxylic acids is 1. The highest BCUT2D eigenvalue weighted by Crippen LogP contribution is 2.17. The summed E-state index contributed by atoms with van der Waals surface area (Å²) in [5.74, 6) is 0.0992. The maximum absolute atomic E-state index is 12.7. The number of amides is 1. The summed E-state index contributed by atoms with van der Waals surface area (Å²) in [5, 5.41) is 0. The average molecular weight is 346 g/mol. The summed E-state index contributed by atoms with van der Waals surface area (Å²) in [6.45, 7) is 12.4. The van der Waals surface area contributed by atoms with Crippen molar-refractivity contribution in [2.75, 3.05) is 26.2 Å². The predicted molar refractivity (Wildman–Crippen MR) is 97.6 cm³/mol. The summed E-state index contributed by atoms with van der Waals surface area (Å²) in [6.07, 6.45) is 0.736. The zero-order chi connectivity index (χ0) is 18.0. The highest BCUT2D eigenvalue weighted by atomic mass is 16.5. The molecule has 0 saturated carbocycles. The molecule has 2 heterocycles. The van der Waals surface area contributed by atoms with Gasteiger partial charge in [0.1, 0.15) is 0 Å². The van der Waals surface area contributed by atoms with E-state index in [1.807, 2.05) is 30.9 Å². The van der Waals surface area contributed by atoms with Gasteiger partial charge in [-0.15, -0.1) is 0 Å². The van der Waals surface area contributed by atoms with Gasteiger partial charge in [-0.3, -0.25) is 9.69 Å². The number of hydrogen-bond acceptors (Lipinski definition) is 4. The molecular weight excluding hydrogens is 316 g/mol. The van der Waals surface area contributed by atoms with E-state index in [1.165, 1.54) is 5.56 Å². The summed E-state index contributed by atoms with van der Waals surface area (Å²) in [5.41, 5.74) is 2.00. The molecule has 0 unspecified atom stereocenters. The molecule has 0 spiro atoms. The van der Waals surface area contributed by atoms with Gasteiger partial charge in [0.2, 0.25) is 0 Å². The molecule has 0 radical (unpaired) electrons. The summed E-state index contributed by atoms with van der Waals surface area (Å²) >= 11 is 0. The molecule has 0 aliphatic carbocycles. The largest absolute Gasteiger partial charge is 0.373 e. The number of rotatable bonds is 3. The van der Waals surface area contributed by atoms with Crippen LogP contribution in [0.1, 0.15) is 43.6 Å². The maximum atomic E-state index is 12.7. The van der Waals surface area contributed by atoms with Crippen molar-refractivity contribution in [1.82, 2.24) is 9.80 Å². The molecule has 2 aliphatic heterocycles. The van der Waals surface area contributed by atoms with Gasteiger partial charge in [-0.1, -0.05) is 12.1 Å². The van der Waals surface area contributed by atoms with E-state index in [2.05, 4.69) is 30.9 Å². The SMILES string of the molecule is C[C@@H]1CN(Cc2ccc(C(=O)N3C[C@H](C)O[C@@H](C)C3)cc2)C[C@@H](C)O1. The number of benzene rings is 1.